The van der Waals surface area contributed by atoms with Crippen LogP contribution in [-0.2, 0) is 4.74 Å². The van der Waals surface area contributed by atoms with Crippen LogP contribution in [-0.4, -0.2) is 41.3 Å². The second-order valence-corrected chi connectivity index (χ2v) is 8.79. The second kappa shape index (κ2) is 16.9. The molecule has 0 spiro atoms. The largest absolute Gasteiger partial charge is 1.00 e. The van der Waals surface area contributed by atoms with Gasteiger partial charge in [0.15, 0.2) is 0 Å². The number of carboxylic acids is 1. The van der Waals surface area contributed by atoms with Crippen LogP contribution < -0.4 is 18.9 Å². The number of aromatic carboxylic acids is 1. The Morgan fingerprint density at radius 3 is 1.67 bits per heavy atom. The number of ether oxygens (including phenoxy) is 1. The van der Waals surface area contributed by atoms with Crippen molar-refractivity contribution in [3.8, 4) is 47.4 Å². The molecule has 0 heterocycles. The minimum Gasteiger partial charge on any atom is -0.870 e. The first-order chi connectivity index (χ1) is 17.9. The van der Waals surface area contributed by atoms with Crippen molar-refractivity contribution in [2.45, 2.75) is 26.2 Å². The molecule has 2 aromatic rings. The van der Waals surface area contributed by atoms with Gasteiger partial charge in [0.1, 0.15) is 0 Å². The number of methoxy groups -OCH3 is 1. The molecule has 2 saturated carbocycles. The predicted molar refractivity (Wildman–Crippen MR) is 143 cm³/mol. The number of carbonyl (C=O) groups excluding carboxylic acids is 1. The van der Waals surface area contributed by atoms with Crippen LogP contribution >= 0.6 is 0 Å². The summed E-state index contributed by atoms with van der Waals surface area (Å²) in [5, 5.41) is 17.6. The van der Waals surface area contributed by atoms with Gasteiger partial charge in [-0.15, -0.1) is 0 Å². The monoisotopic (exact) mass is 516 g/mol. The van der Waals surface area contributed by atoms with Crippen LogP contribution in [0.2, 0.25) is 0 Å². The molecule has 194 valence electrons. The number of benzene rings is 2. The van der Waals surface area contributed by atoms with Gasteiger partial charge in [0.2, 0.25) is 0 Å². The number of hydrogen-bond acceptors (Lipinski definition) is 5. The van der Waals surface area contributed by atoms with E-state index in [1.807, 2.05) is 0 Å². The SMILES string of the molecule is CC[C@@H]1C[C@H]1C#CC#Cc1ccc(C(=O)OC)cc1.O=C(O)c1ccc(C#CC#C[C@@H]2C[C@H]2CO)cc1.[Li+].[OH-]. The fourth-order valence-corrected chi connectivity index (χ4v) is 3.47. The summed E-state index contributed by atoms with van der Waals surface area (Å²) in [4.78, 5) is 21.9. The number of aliphatic hydroxyl groups excluding tert-OH is 1. The third-order valence-electron chi connectivity index (χ3n) is 6.10. The van der Waals surface area contributed by atoms with Crippen molar-refractivity contribution in [3.05, 3.63) is 70.8 Å². The quantitative estimate of drug-likeness (QED) is 0.357. The van der Waals surface area contributed by atoms with E-state index in [9.17, 15) is 9.59 Å². The van der Waals surface area contributed by atoms with E-state index in [0.29, 0.717) is 23.3 Å². The first kappa shape index (κ1) is 33.2. The van der Waals surface area contributed by atoms with Crippen LogP contribution in [0.5, 0.6) is 0 Å². The summed E-state index contributed by atoms with van der Waals surface area (Å²) in [6.45, 7) is 2.39. The molecule has 0 radical (unpaired) electrons. The summed E-state index contributed by atoms with van der Waals surface area (Å²) in [5.41, 5.74) is 2.37. The summed E-state index contributed by atoms with van der Waals surface area (Å²) in [7, 11) is 1.37. The molecule has 6 nitrogen and oxygen atoms in total. The number of carbonyl (C=O) groups is 2. The van der Waals surface area contributed by atoms with Gasteiger partial charge in [-0.05, 0) is 96.9 Å². The molecular weight excluding hydrogens is 487 g/mol. The molecule has 0 amide bonds. The van der Waals surface area contributed by atoms with E-state index in [2.05, 4.69) is 59.0 Å². The number of aliphatic hydroxyl groups is 1. The van der Waals surface area contributed by atoms with Crippen LogP contribution in [0, 0.1) is 71.0 Å². The fourth-order valence-electron chi connectivity index (χ4n) is 3.47. The maximum atomic E-state index is 11.2. The van der Waals surface area contributed by atoms with Crippen molar-refractivity contribution in [2.75, 3.05) is 13.7 Å². The molecule has 7 heteroatoms. The molecule has 0 aromatic heterocycles. The van der Waals surface area contributed by atoms with E-state index in [0.717, 1.165) is 23.5 Å². The third kappa shape index (κ3) is 11.2. The Hall–Kier alpha value is -3.86. The maximum absolute atomic E-state index is 11.2. The second-order valence-electron chi connectivity index (χ2n) is 8.79. The van der Waals surface area contributed by atoms with Gasteiger partial charge in [0.25, 0.3) is 0 Å². The van der Waals surface area contributed by atoms with Crippen molar-refractivity contribution in [1.29, 1.82) is 0 Å². The zero-order valence-corrected chi connectivity index (χ0v) is 22.3. The molecule has 2 aliphatic rings. The Balaban J connectivity index is 0.000000371. The summed E-state index contributed by atoms with van der Waals surface area (Å²) in [6.07, 6.45) is 3.39. The van der Waals surface area contributed by atoms with Gasteiger partial charge in [0, 0.05) is 29.6 Å². The molecule has 2 aliphatic carbocycles. The van der Waals surface area contributed by atoms with E-state index in [-0.39, 0.29) is 42.5 Å². The Bertz CT molecular complexity index is 1370. The Kier molecular flexibility index (Phi) is 14.3. The number of hydrogen-bond donors (Lipinski definition) is 2. The third-order valence-corrected chi connectivity index (χ3v) is 6.10. The average molecular weight is 517 g/mol. The molecule has 0 aliphatic heterocycles. The van der Waals surface area contributed by atoms with Gasteiger partial charge < -0.3 is 20.4 Å². The topological polar surface area (TPSA) is 114 Å². The van der Waals surface area contributed by atoms with Gasteiger partial charge in [0.05, 0.1) is 18.2 Å². The van der Waals surface area contributed by atoms with Crippen molar-refractivity contribution >= 4 is 11.9 Å². The van der Waals surface area contributed by atoms with Crippen LogP contribution in [0.15, 0.2) is 48.5 Å². The predicted octanol–water partition coefficient (Wildman–Crippen LogP) is 1.07. The first-order valence-corrected chi connectivity index (χ1v) is 12.1. The minimum atomic E-state index is -0.946. The molecule has 2 fully saturated rings. The fraction of sp³-hybridized carbons (Fsp3) is 0.312. The van der Waals surface area contributed by atoms with E-state index in [1.54, 1.807) is 36.4 Å². The number of rotatable bonds is 4. The molecule has 39 heavy (non-hydrogen) atoms. The average Bonchev–Trinajstić information content (AvgIpc) is 3.85. The smallest absolute Gasteiger partial charge is 0.870 e. The van der Waals surface area contributed by atoms with E-state index in [4.69, 9.17) is 10.2 Å². The van der Waals surface area contributed by atoms with Crippen molar-refractivity contribution in [1.82, 2.24) is 0 Å². The van der Waals surface area contributed by atoms with Crippen molar-refractivity contribution in [2.24, 2.45) is 23.7 Å². The Morgan fingerprint density at radius 2 is 1.28 bits per heavy atom. The van der Waals surface area contributed by atoms with Crippen LogP contribution in [0.3, 0.4) is 0 Å². The van der Waals surface area contributed by atoms with E-state index in [1.165, 1.54) is 32.1 Å². The van der Waals surface area contributed by atoms with Gasteiger partial charge in [-0.3, -0.25) is 0 Å². The molecule has 4 atom stereocenters. The van der Waals surface area contributed by atoms with Gasteiger partial charge in [-0.2, -0.15) is 0 Å². The normalized spacial score (nSPS) is 18.7. The Morgan fingerprint density at radius 1 is 0.821 bits per heavy atom. The van der Waals surface area contributed by atoms with Crippen LogP contribution in [0.25, 0.3) is 0 Å². The number of carboxylic acid groups (broad SMARTS) is 1. The molecule has 0 unspecified atom stereocenters. The van der Waals surface area contributed by atoms with Gasteiger partial charge in [-0.25, -0.2) is 9.59 Å². The molecular formula is C32H29LiO6. The maximum Gasteiger partial charge on any atom is 1.00 e. The molecule has 0 bridgehead atoms. The minimum absolute atomic E-state index is 0. The van der Waals surface area contributed by atoms with Crippen molar-refractivity contribution in [3.63, 3.8) is 0 Å². The first-order valence-electron chi connectivity index (χ1n) is 12.1. The van der Waals surface area contributed by atoms with Crippen molar-refractivity contribution < 1.29 is 48.9 Å². The summed E-state index contributed by atoms with van der Waals surface area (Å²) < 4.78 is 4.63. The standard InChI is InChI=1S/C17H16O2.C15H12O3.Li.H2O/c1-3-14-12-16(14)7-5-4-6-13-8-10-15(11-9-13)17(18)19-2;16-10-14-9-13(14)4-2-1-3-11-5-7-12(8-6-11)15(17)18;;/h8-11,14,16H,3,12H2,1-2H3;5-8,13-14,16H,9-10H2,(H,17,18);;1H2/q;;+1;/p-1/t14-,16-;13-,14+;;/m11../s1. The molecule has 0 saturated heterocycles. The summed E-state index contributed by atoms with van der Waals surface area (Å²) in [6, 6.07) is 13.4. The van der Waals surface area contributed by atoms with Gasteiger partial charge >= 0.3 is 30.8 Å². The zero-order valence-electron chi connectivity index (χ0n) is 22.3. The zero-order chi connectivity index (χ0) is 26.6. The van der Waals surface area contributed by atoms with E-state index >= 15 is 0 Å². The molecule has 3 N–H and O–H groups in total. The van der Waals surface area contributed by atoms with Crippen LogP contribution in [0.4, 0.5) is 0 Å². The molecule has 2 aromatic carbocycles. The summed E-state index contributed by atoms with van der Waals surface area (Å²) in [5.74, 6) is 23.9. The van der Waals surface area contributed by atoms with E-state index < -0.39 is 5.97 Å². The Labute approximate surface area is 242 Å². The number of esters is 1. The summed E-state index contributed by atoms with van der Waals surface area (Å²) >= 11 is 0. The molecule has 4 rings (SSSR count). The van der Waals surface area contributed by atoms with Gasteiger partial charge in [-0.1, -0.05) is 37.0 Å². The van der Waals surface area contributed by atoms with Crippen LogP contribution in [0.1, 0.15) is 58.0 Å².